The largest absolute Gasteiger partial charge is 0.497 e. The van der Waals surface area contributed by atoms with Crippen molar-refractivity contribution < 1.29 is 9.53 Å². The van der Waals surface area contributed by atoms with Crippen molar-refractivity contribution in [2.75, 3.05) is 27.7 Å². The van der Waals surface area contributed by atoms with Gasteiger partial charge in [0.15, 0.2) is 5.69 Å². The van der Waals surface area contributed by atoms with Crippen LogP contribution >= 0.6 is 0 Å². The summed E-state index contributed by atoms with van der Waals surface area (Å²) in [6, 6.07) is 7.70. The van der Waals surface area contributed by atoms with Gasteiger partial charge in [0, 0.05) is 17.8 Å². The first-order valence-corrected chi connectivity index (χ1v) is 8.24. The van der Waals surface area contributed by atoms with Crippen LogP contribution in [0.25, 0.3) is 0 Å². The zero-order chi connectivity index (χ0) is 17.1. The molecule has 0 aliphatic heterocycles. The number of carbonyl (C=O) groups excluding carboxylic acids is 1. The van der Waals surface area contributed by atoms with Gasteiger partial charge >= 0.3 is 0 Å². The Labute approximate surface area is 142 Å². The summed E-state index contributed by atoms with van der Waals surface area (Å²) in [5.41, 5.74) is 3.77. The summed E-state index contributed by atoms with van der Waals surface area (Å²) in [7, 11) is 5.64. The molecule has 1 amide bonds. The third-order valence-electron chi connectivity index (χ3n) is 4.39. The molecule has 0 saturated heterocycles. The van der Waals surface area contributed by atoms with Crippen LogP contribution in [0, 0.1) is 0 Å². The van der Waals surface area contributed by atoms with Gasteiger partial charge in [-0.05, 0) is 51.1 Å². The van der Waals surface area contributed by atoms with Crippen molar-refractivity contribution in [3.63, 3.8) is 0 Å². The van der Waals surface area contributed by atoms with E-state index in [-0.39, 0.29) is 11.9 Å². The second-order valence-corrected chi connectivity index (χ2v) is 6.44. The van der Waals surface area contributed by atoms with Gasteiger partial charge in [-0.25, -0.2) is 0 Å². The summed E-state index contributed by atoms with van der Waals surface area (Å²) in [5, 5.41) is 10.3. The molecule has 128 valence electrons. The molecule has 6 nitrogen and oxygen atoms in total. The Kier molecular flexibility index (Phi) is 4.85. The first kappa shape index (κ1) is 16.5. The number of nitrogens with one attached hydrogen (secondary N) is 2. The number of benzene rings is 1. The lowest BCUT2D eigenvalue weighted by Crippen LogP contribution is -2.35. The van der Waals surface area contributed by atoms with Crippen molar-refractivity contribution in [3.8, 4) is 5.75 Å². The number of aromatic amines is 1. The van der Waals surface area contributed by atoms with Gasteiger partial charge in [-0.1, -0.05) is 12.1 Å². The monoisotopic (exact) mass is 328 g/mol. The maximum absolute atomic E-state index is 12.7. The lowest BCUT2D eigenvalue weighted by atomic mass is 10.1. The quantitative estimate of drug-likeness (QED) is 0.850. The molecule has 2 N–H and O–H groups in total. The SMILES string of the molecule is COc1ccc([C@H](CN(C)C)NC(=O)c2n[nH]c3c2CCC3)cc1. The van der Waals surface area contributed by atoms with Crippen LogP contribution in [0.2, 0.25) is 0 Å². The maximum Gasteiger partial charge on any atom is 0.272 e. The van der Waals surface area contributed by atoms with Crippen LogP contribution in [-0.2, 0) is 12.8 Å². The summed E-state index contributed by atoms with van der Waals surface area (Å²) in [6.07, 6.45) is 2.99. The van der Waals surface area contributed by atoms with Crippen LogP contribution in [0.3, 0.4) is 0 Å². The van der Waals surface area contributed by atoms with Gasteiger partial charge in [0.25, 0.3) is 5.91 Å². The smallest absolute Gasteiger partial charge is 0.272 e. The summed E-state index contributed by atoms with van der Waals surface area (Å²) in [4.78, 5) is 14.8. The Morgan fingerprint density at radius 1 is 1.33 bits per heavy atom. The minimum atomic E-state index is -0.114. The molecule has 0 radical (unpaired) electrons. The first-order valence-electron chi connectivity index (χ1n) is 8.24. The van der Waals surface area contributed by atoms with E-state index in [1.54, 1.807) is 7.11 Å². The van der Waals surface area contributed by atoms with Crippen molar-refractivity contribution in [2.24, 2.45) is 0 Å². The molecular weight excluding hydrogens is 304 g/mol. The van der Waals surface area contributed by atoms with Gasteiger partial charge in [-0.15, -0.1) is 0 Å². The molecule has 6 heteroatoms. The summed E-state index contributed by atoms with van der Waals surface area (Å²) in [5.74, 6) is 0.691. The second-order valence-electron chi connectivity index (χ2n) is 6.44. The molecule has 1 aromatic carbocycles. The van der Waals surface area contributed by atoms with Gasteiger partial charge in [0.2, 0.25) is 0 Å². The van der Waals surface area contributed by atoms with E-state index in [1.165, 1.54) is 0 Å². The van der Waals surface area contributed by atoms with E-state index in [4.69, 9.17) is 4.74 Å². The van der Waals surface area contributed by atoms with Crippen LogP contribution in [-0.4, -0.2) is 48.8 Å². The molecule has 0 saturated carbocycles. The predicted molar refractivity (Wildman–Crippen MR) is 92.4 cm³/mol. The lowest BCUT2D eigenvalue weighted by Gasteiger charge is -2.23. The van der Waals surface area contributed by atoms with Crippen molar-refractivity contribution in [1.82, 2.24) is 20.4 Å². The number of ether oxygens (including phenoxy) is 1. The topological polar surface area (TPSA) is 70.2 Å². The van der Waals surface area contributed by atoms with E-state index < -0.39 is 0 Å². The van der Waals surface area contributed by atoms with Crippen molar-refractivity contribution in [3.05, 3.63) is 46.8 Å². The van der Waals surface area contributed by atoms with Gasteiger partial charge in [-0.3, -0.25) is 9.89 Å². The fourth-order valence-corrected chi connectivity index (χ4v) is 3.17. The predicted octanol–water partition coefficient (Wildman–Crippen LogP) is 1.94. The molecule has 0 bridgehead atoms. The Morgan fingerprint density at radius 2 is 2.08 bits per heavy atom. The lowest BCUT2D eigenvalue weighted by molar-refractivity contribution is 0.0924. The summed E-state index contributed by atoms with van der Waals surface area (Å²) >= 11 is 0. The van der Waals surface area contributed by atoms with Gasteiger partial charge in [0.1, 0.15) is 5.75 Å². The van der Waals surface area contributed by atoms with E-state index in [0.29, 0.717) is 12.2 Å². The number of rotatable bonds is 6. The molecule has 1 atom stereocenters. The van der Waals surface area contributed by atoms with Crippen LogP contribution in [0.15, 0.2) is 24.3 Å². The fraction of sp³-hybridized carbons (Fsp3) is 0.444. The third kappa shape index (κ3) is 3.43. The Hall–Kier alpha value is -2.34. The molecule has 1 aromatic heterocycles. The normalized spacial score (nSPS) is 14.5. The number of H-pyrrole nitrogens is 1. The average Bonchev–Trinajstić information content (AvgIpc) is 3.17. The number of fused-ring (bicyclic) bond motifs is 1. The molecular formula is C18H24N4O2. The van der Waals surface area contributed by atoms with Crippen molar-refractivity contribution >= 4 is 5.91 Å². The maximum atomic E-state index is 12.7. The van der Waals surface area contributed by atoms with E-state index >= 15 is 0 Å². The number of amides is 1. The number of aryl methyl sites for hydroxylation is 1. The van der Waals surface area contributed by atoms with Gasteiger partial charge < -0.3 is 15.0 Å². The number of likely N-dealkylation sites (N-methyl/N-ethyl adjacent to an activating group) is 1. The standard InChI is InChI=1S/C18H24N4O2/c1-22(2)11-16(12-7-9-13(24-3)10-8-12)19-18(23)17-14-5-4-6-15(14)20-21-17/h7-10,16H,4-6,11H2,1-3H3,(H,19,23)(H,20,21)/t16-/m0/s1. The number of carbonyl (C=O) groups is 1. The van der Waals surface area contributed by atoms with E-state index in [0.717, 1.165) is 41.8 Å². The average molecular weight is 328 g/mol. The number of hydrogen-bond donors (Lipinski definition) is 2. The summed E-state index contributed by atoms with van der Waals surface area (Å²) < 4.78 is 5.21. The van der Waals surface area contributed by atoms with Gasteiger partial charge in [-0.2, -0.15) is 5.10 Å². The molecule has 3 rings (SSSR count). The molecule has 1 aliphatic carbocycles. The molecule has 2 aromatic rings. The van der Waals surface area contributed by atoms with E-state index in [1.807, 2.05) is 38.4 Å². The third-order valence-corrected chi connectivity index (χ3v) is 4.39. The highest BCUT2D eigenvalue weighted by Crippen LogP contribution is 2.24. The van der Waals surface area contributed by atoms with Crippen LogP contribution < -0.4 is 10.1 Å². The van der Waals surface area contributed by atoms with E-state index in [9.17, 15) is 4.79 Å². The second kappa shape index (κ2) is 7.05. The molecule has 0 fully saturated rings. The number of nitrogens with zero attached hydrogens (tertiary/aromatic N) is 2. The summed E-state index contributed by atoms with van der Waals surface area (Å²) in [6.45, 7) is 0.713. The zero-order valence-corrected chi connectivity index (χ0v) is 14.4. The molecule has 0 spiro atoms. The Morgan fingerprint density at radius 3 is 2.75 bits per heavy atom. The minimum Gasteiger partial charge on any atom is -0.497 e. The minimum absolute atomic E-state index is 0.104. The van der Waals surface area contributed by atoms with Crippen LogP contribution in [0.1, 0.15) is 39.8 Å². The Bertz CT molecular complexity index is 706. The molecule has 1 aliphatic rings. The van der Waals surface area contributed by atoms with E-state index in [2.05, 4.69) is 20.4 Å². The Balaban J connectivity index is 1.79. The van der Waals surface area contributed by atoms with Gasteiger partial charge in [0.05, 0.1) is 13.2 Å². The number of hydrogen-bond acceptors (Lipinski definition) is 4. The number of aromatic nitrogens is 2. The zero-order valence-electron chi connectivity index (χ0n) is 14.4. The highest BCUT2D eigenvalue weighted by molar-refractivity contribution is 5.94. The molecule has 24 heavy (non-hydrogen) atoms. The highest BCUT2D eigenvalue weighted by atomic mass is 16.5. The van der Waals surface area contributed by atoms with Crippen molar-refractivity contribution in [2.45, 2.75) is 25.3 Å². The first-order chi connectivity index (χ1) is 11.6. The molecule has 0 unspecified atom stereocenters. The molecule has 1 heterocycles. The van der Waals surface area contributed by atoms with Crippen molar-refractivity contribution in [1.29, 1.82) is 0 Å². The van der Waals surface area contributed by atoms with Crippen LogP contribution in [0.5, 0.6) is 5.75 Å². The number of methoxy groups -OCH3 is 1. The highest BCUT2D eigenvalue weighted by Gasteiger charge is 2.25. The van der Waals surface area contributed by atoms with Crippen LogP contribution in [0.4, 0.5) is 0 Å². The fourth-order valence-electron chi connectivity index (χ4n) is 3.17.